The highest BCUT2D eigenvalue weighted by molar-refractivity contribution is 5.92. The molecule has 1 aromatic carbocycles. The number of carbonyl (C=O) groups is 2. The first-order valence-corrected chi connectivity index (χ1v) is 9.54. The van der Waals surface area contributed by atoms with Gasteiger partial charge in [0.25, 0.3) is 5.91 Å². The Labute approximate surface area is 175 Å². The van der Waals surface area contributed by atoms with Gasteiger partial charge >= 0.3 is 0 Å². The molecule has 8 nitrogen and oxygen atoms in total. The van der Waals surface area contributed by atoms with Crippen LogP contribution < -0.4 is 15.1 Å². The number of aromatic nitrogens is 1. The lowest BCUT2D eigenvalue weighted by Gasteiger charge is -2.35. The van der Waals surface area contributed by atoms with Crippen LogP contribution in [0.2, 0.25) is 0 Å². The van der Waals surface area contributed by atoms with E-state index in [-0.39, 0.29) is 5.91 Å². The van der Waals surface area contributed by atoms with Crippen LogP contribution in [0.3, 0.4) is 0 Å². The highest BCUT2D eigenvalue weighted by atomic mass is 16.5. The van der Waals surface area contributed by atoms with Crippen LogP contribution in [0.1, 0.15) is 11.4 Å². The number of nitrogens with zero attached hydrogens (tertiary/aromatic N) is 3. The zero-order chi connectivity index (χ0) is 21.3. The van der Waals surface area contributed by atoms with Gasteiger partial charge in [0.05, 0.1) is 18.5 Å². The number of hydrogen-bond donors (Lipinski definition) is 2. The second-order valence-corrected chi connectivity index (χ2v) is 6.64. The Kier molecular flexibility index (Phi) is 7.18. The summed E-state index contributed by atoms with van der Waals surface area (Å²) in [5.41, 5.74) is 3.78. The van der Waals surface area contributed by atoms with E-state index >= 15 is 0 Å². The molecule has 156 valence electrons. The second kappa shape index (κ2) is 10.2. The standard InChI is InChI=1S/C22H24N4O4/c1-30-20-9-7-19(8-10-20)25-13-15-26(16-14-25)22(28)12-6-18-4-2-3-17(23-18)5-11-21(27)24-29/h2-12,29H,13-16H2,1H3,(H,24,27)/b11-5+,12-6+. The van der Waals surface area contributed by atoms with Crippen molar-refractivity contribution in [1.29, 1.82) is 0 Å². The third kappa shape index (κ3) is 5.68. The Morgan fingerprint density at radius 2 is 1.63 bits per heavy atom. The third-order valence-electron chi connectivity index (χ3n) is 4.73. The zero-order valence-corrected chi connectivity index (χ0v) is 16.7. The summed E-state index contributed by atoms with van der Waals surface area (Å²) in [4.78, 5) is 32.0. The molecule has 0 bridgehead atoms. The minimum atomic E-state index is -0.637. The Balaban J connectivity index is 1.54. The minimum absolute atomic E-state index is 0.0632. The molecule has 0 atom stereocenters. The van der Waals surface area contributed by atoms with Crippen LogP contribution in [-0.4, -0.2) is 60.2 Å². The lowest BCUT2D eigenvalue weighted by atomic mass is 10.2. The summed E-state index contributed by atoms with van der Waals surface area (Å²) in [6.07, 6.45) is 5.81. The number of ether oxygens (including phenoxy) is 1. The Morgan fingerprint density at radius 3 is 2.23 bits per heavy atom. The molecule has 3 rings (SSSR count). The SMILES string of the molecule is COc1ccc(N2CCN(C(=O)/C=C/c3cccc(/C=C/C(=O)NO)n3)CC2)cc1. The molecule has 0 aliphatic carbocycles. The normalized spacial score (nSPS) is 14.3. The molecule has 0 unspecified atom stereocenters. The van der Waals surface area contributed by atoms with Crippen LogP contribution in [0.5, 0.6) is 5.75 Å². The summed E-state index contributed by atoms with van der Waals surface area (Å²) in [5.74, 6) is 0.121. The summed E-state index contributed by atoms with van der Waals surface area (Å²) in [6, 6.07) is 13.2. The fourth-order valence-corrected chi connectivity index (χ4v) is 3.09. The first kappa shape index (κ1) is 21.1. The number of carbonyl (C=O) groups excluding carboxylic acids is 2. The van der Waals surface area contributed by atoms with Crippen molar-refractivity contribution < 1.29 is 19.5 Å². The highest BCUT2D eigenvalue weighted by Crippen LogP contribution is 2.20. The van der Waals surface area contributed by atoms with Crippen molar-refractivity contribution in [1.82, 2.24) is 15.4 Å². The number of rotatable bonds is 6. The predicted octanol–water partition coefficient (Wildman–Crippen LogP) is 1.97. The Hall–Kier alpha value is -3.65. The lowest BCUT2D eigenvalue weighted by molar-refractivity contribution is -0.126. The van der Waals surface area contributed by atoms with E-state index < -0.39 is 5.91 Å². The molecule has 30 heavy (non-hydrogen) atoms. The monoisotopic (exact) mass is 408 g/mol. The highest BCUT2D eigenvalue weighted by Gasteiger charge is 2.19. The number of anilines is 1. The molecule has 8 heteroatoms. The van der Waals surface area contributed by atoms with Gasteiger partial charge in [-0.25, -0.2) is 10.5 Å². The van der Waals surface area contributed by atoms with Crippen LogP contribution in [0, 0.1) is 0 Å². The molecule has 2 amide bonds. The molecule has 1 saturated heterocycles. The number of piperazine rings is 1. The Morgan fingerprint density at radius 1 is 1.00 bits per heavy atom. The van der Waals surface area contributed by atoms with Gasteiger partial charge in [-0.05, 0) is 48.6 Å². The van der Waals surface area contributed by atoms with E-state index in [0.717, 1.165) is 24.5 Å². The molecule has 0 spiro atoms. The predicted molar refractivity (Wildman–Crippen MR) is 114 cm³/mol. The minimum Gasteiger partial charge on any atom is -0.497 e. The van der Waals surface area contributed by atoms with Gasteiger partial charge in [-0.1, -0.05) is 6.07 Å². The van der Waals surface area contributed by atoms with Gasteiger partial charge in [-0.15, -0.1) is 0 Å². The number of pyridine rings is 1. The summed E-state index contributed by atoms with van der Waals surface area (Å²) in [6.45, 7) is 2.80. The molecule has 1 fully saturated rings. The smallest absolute Gasteiger partial charge is 0.267 e. The van der Waals surface area contributed by atoms with Crippen LogP contribution in [0.25, 0.3) is 12.2 Å². The number of hydroxylamine groups is 1. The topological polar surface area (TPSA) is 95.0 Å². The molecular formula is C22H24N4O4. The van der Waals surface area contributed by atoms with Gasteiger partial charge in [0.1, 0.15) is 5.75 Å². The van der Waals surface area contributed by atoms with Gasteiger partial charge in [-0.3, -0.25) is 14.8 Å². The molecule has 1 aromatic heterocycles. The van der Waals surface area contributed by atoms with Gasteiger partial charge in [0.15, 0.2) is 0 Å². The van der Waals surface area contributed by atoms with Crippen molar-refractivity contribution in [2.75, 3.05) is 38.2 Å². The van der Waals surface area contributed by atoms with E-state index in [4.69, 9.17) is 9.94 Å². The number of methoxy groups -OCH3 is 1. The third-order valence-corrected chi connectivity index (χ3v) is 4.73. The van der Waals surface area contributed by atoms with E-state index in [2.05, 4.69) is 9.88 Å². The van der Waals surface area contributed by atoms with Crippen molar-refractivity contribution in [2.24, 2.45) is 0 Å². The molecular weight excluding hydrogens is 384 g/mol. The summed E-state index contributed by atoms with van der Waals surface area (Å²) in [7, 11) is 1.64. The van der Waals surface area contributed by atoms with Crippen molar-refractivity contribution in [2.45, 2.75) is 0 Å². The summed E-state index contributed by atoms with van der Waals surface area (Å²) < 4.78 is 5.19. The van der Waals surface area contributed by atoms with Gasteiger partial charge in [0, 0.05) is 44.0 Å². The van der Waals surface area contributed by atoms with Crippen LogP contribution in [0.15, 0.2) is 54.6 Å². The Bertz CT molecular complexity index is 932. The average molecular weight is 408 g/mol. The molecule has 0 saturated carbocycles. The maximum absolute atomic E-state index is 12.5. The van der Waals surface area contributed by atoms with Crippen molar-refractivity contribution >= 4 is 29.7 Å². The van der Waals surface area contributed by atoms with E-state index in [1.807, 2.05) is 29.2 Å². The summed E-state index contributed by atoms with van der Waals surface area (Å²) in [5, 5.41) is 8.51. The van der Waals surface area contributed by atoms with E-state index in [9.17, 15) is 9.59 Å². The van der Waals surface area contributed by atoms with Crippen molar-refractivity contribution in [3.05, 3.63) is 66.0 Å². The lowest BCUT2D eigenvalue weighted by Crippen LogP contribution is -2.48. The molecule has 2 aromatic rings. The largest absolute Gasteiger partial charge is 0.497 e. The quantitative estimate of drug-likeness (QED) is 0.431. The number of benzene rings is 1. The molecule has 1 aliphatic rings. The van der Waals surface area contributed by atoms with E-state index in [0.29, 0.717) is 24.5 Å². The van der Waals surface area contributed by atoms with E-state index in [1.165, 1.54) is 23.7 Å². The van der Waals surface area contributed by atoms with Crippen molar-refractivity contribution in [3.8, 4) is 5.75 Å². The fourth-order valence-electron chi connectivity index (χ4n) is 3.09. The summed E-state index contributed by atoms with van der Waals surface area (Å²) >= 11 is 0. The molecule has 0 radical (unpaired) electrons. The van der Waals surface area contributed by atoms with Crippen LogP contribution in [-0.2, 0) is 9.59 Å². The maximum Gasteiger partial charge on any atom is 0.267 e. The van der Waals surface area contributed by atoms with Crippen LogP contribution in [0.4, 0.5) is 5.69 Å². The average Bonchev–Trinajstić information content (AvgIpc) is 2.81. The zero-order valence-electron chi connectivity index (χ0n) is 16.7. The van der Waals surface area contributed by atoms with Crippen LogP contribution >= 0.6 is 0 Å². The van der Waals surface area contributed by atoms with Gasteiger partial charge in [-0.2, -0.15) is 0 Å². The number of hydrogen-bond acceptors (Lipinski definition) is 6. The van der Waals surface area contributed by atoms with Gasteiger partial charge < -0.3 is 14.5 Å². The fraction of sp³-hybridized carbons (Fsp3) is 0.227. The van der Waals surface area contributed by atoms with Crippen molar-refractivity contribution in [3.63, 3.8) is 0 Å². The molecule has 1 aliphatic heterocycles. The second-order valence-electron chi connectivity index (χ2n) is 6.64. The number of amides is 2. The first-order valence-electron chi connectivity index (χ1n) is 9.54. The van der Waals surface area contributed by atoms with Gasteiger partial charge in [0.2, 0.25) is 5.91 Å². The maximum atomic E-state index is 12.5. The first-order chi connectivity index (χ1) is 14.6. The molecule has 2 N–H and O–H groups in total. The molecule has 2 heterocycles. The van der Waals surface area contributed by atoms with E-state index in [1.54, 1.807) is 31.4 Å². The number of nitrogens with one attached hydrogen (secondary N) is 1.